The molecule has 0 unspecified atom stereocenters. The Bertz CT molecular complexity index is 1010. The predicted octanol–water partition coefficient (Wildman–Crippen LogP) is 5.09. The van der Waals surface area contributed by atoms with Gasteiger partial charge in [0.15, 0.2) is 0 Å². The molecule has 2 aromatic carbocycles. The fourth-order valence-corrected chi connectivity index (χ4v) is 3.78. The molecule has 0 aliphatic carbocycles. The average molecular weight is 409 g/mol. The van der Waals surface area contributed by atoms with E-state index in [4.69, 9.17) is 16.0 Å². The van der Waals surface area contributed by atoms with Crippen molar-refractivity contribution in [3.05, 3.63) is 77.5 Å². The predicted molar refractivity (Wildman–Crippen MR) is 113 cm³/mol. The van der Waals surface area contributed by atoms with Gasteiger partial charge in [-0.1, -0.05) is 29.8 Å². The van der Waals surface area contributed by atoms with Crippen LogP contribution in [0.5, 0.6) is 0 Å². The second-order valence-electron chi connectivity index (χ2n) is 7.12. The Morgan fingerprint density at radius 2 is 1.79 bits per heavy atom. The van der Waals surface area contributed by atoms with E-state index in [0.717, 1.165) is 17.0 Å². The standard InChI is InChI=1S/C23H21ClN2O3/c24-19-6-1-5-18(14-19)23(28)26-11-9-16(10-12-26)22(27)25-20-7-2-4-17(15-20)21-8-3-13-29-21/h1-8,13-16H,9-12H2,(H,25,27). The SMILES string of the molecule is O=C(Nc1cccc(-c2ccco2)c1)C1CCN(C(=O)c2cccc(Cl)c2)CC1. The summed E-state index contributed by atoms with van der Waals surface area (Å²) in [5, 5.41) is 3.54. The number of halogens is 1. The van der Waals surface area contributed by atoms with Crippen LogP contribution < -0.4 is 5.32 Å². The summed E-state index contributed by atoms with van der Waals surface area (Å²) in [7, 11) is 0. The molecule has 1 aliphatic rings. The smallest absolute Gasteiger partial charge is 0.253 e. The Labute approximate surface area is 174 Å². The number of piperidine rings is 1. The number of nitrogens with zero attached hydrogens (tertiary/aromatic N) is 1. The molecule has 3 aromatic rings. The van der Waals surface area contributed by atoms with E-state index in [0.29, 0.717) is 36.5 Å². The van der Waals surface area contributed by atoms with Crippen LogP contribution in [-0.2, 0) is 4.79 Å². The van der Waals surface area contributed by atoms with Gasteiger partial charge in [-0.2, -0.15) is 0 Å². The molecule has 1 saturated heterocycles. The molecular formula is C23H21ClN2O3. The van der Waals surface area contributed by atoms with Gasteiger partial charge in [0.05, 0.1) is 6.26 Å². The third-order valence-electron chi connectivity index (χ3n) is 5.16. The van der Waals surface area contributed by atoms with Crippen LogP contribution in [0.3, 0.4) is 0 Å². The summed E-state index contributed by atoms with van der Waals surface area (Å²) in [6, 6.07) is 18.3. The van der Waals surface area contributed by atoms with Crippen molar-refractivity contribution in [1.82, 2.24) is 4.90 Å². The van der Waals surface area contributed by atoms with Crippen molar-refractivity contribution in [2.24, 2.45) is 5.92 Å². The monoisotopic (exact) mass is 408 g/mol. The largest absolute Gasteiger partial charge is 0.464 e. The molecule has 5 nitrogen and oxygen atoms in total. The molecule has 1 fully saturated rings. The number of amides is 2. The third kappa shape index (κ3) is 4.51. The van der Waals surface area contributed by atoms with E-state index in [-0.39, 0.29) is 17.7 Å². The van der Waals surface area contributed by atoms with E-state index in [1.807, 2.05) is 36.4 Å². The van der Waals surface area contributed by atoms with Crippen LogP contribution in [0.4, 0.5) is 5.69 Å². The van der Waals surface area contributed by atoms with Gasteiger partial charge in [0, 0.05) is 40.8 Å². The number of hydrogen-bond donors (Lipinski definition) is 1. The van der Waals surface area contributed by atoms with Crippen LogP contribution in [0.15, 0.2) is 71.3 Å². The lowest BCUT2D eigenvalue weighted by molar-refractivity contribution is -0.121. The fourth-order valence-electron chi connectivity index (χ4n) is 3.59. The number of rotatable bonds is 4. The third-order valence-corrected chi connectivity index (χ3v) is 5.40. The molecule has 6 heteroatoms. The lowest BCUT2D eigenvalue weighted by Crippen LogP contribution is -2.41. The van der Waals surface area contributed by atoms with E-state index >= 15 is 0 Å². The quantitative estimate of drug-likeness (QED) is 0.653. The minimum Gasteiger partial charge on any atom is -0.464 e. The molecule has 29 heavy (non-hydrogen) atoms. The number of anilines is 1. The second-order valence-corrected chi connectivity index (χ2v) is 7.56. The first-order valence-corrected chi connectivity index (χ1v) is 9.97. The molecule has 0 bridgehead atoms. The van der Waals surface area contributed by atoms with E-state index in [2.05, 4.69) is 5.32 Å². The highest BCUT2D eigenvalue weighted by atomic mass is 35.5. The summed E-state index contributed by atoms with van der Waals surface area (Å²) in [6.45, 7) is 1.10. The van der Waals surface area contributed by atoms with Gasteiger partial charge in [0.1, 0.15) is 5.76 Å². The zero-order valence-corrected chi connectivity index (χ0v) is 16.6. The van der Waals surface area contributed by atoms with Crippen LogP contribution >= 0.6 is 11.6 Å². The van der Waals surface area contributed by atoms with Crippen molar-refractivity contribution in [1.29, 1.82) is 0 Å². The molecule has 148 valence electrons. The fraction of sp³-hybridized carbons (Fsp3) is 0.217. The maximum atomic E-state index is 12.7. The van der Waals surface area contributed by atoms with Gasteiger partial charge in [-0.15, -0.1) is 0 Å². The van der Waals surface area contributed by atoms with Crippen LogP contribution in [0.25, 0.3) is 11.3 Å². The van der Waals surface area contributed by atoms with Gasteiger partial charge >= 0.3 is 0 Å². The van der Waals surface area contributed by atoms with Gasteiger partial charge in [-0.3, -0.25) is 9.59 Å². The number of likely N-dealkylation sites (tertiary alicyclic amines) is 1. The minimum atomic E-state index is -0.120. The van der Waals surface area contributed by atoms with Crippen molar-refractivity contribution in [3.8, 4) is 11.3 Å². The Kier molecular flexibility index (Phi) is 5.67. The number of carbonyl (C=O) groups is 2. The molecule has 1 aromatic heterocycles. The normalized spacial score (nSPS) is 14.6. The number of carbonyl (C=O) groups excluding carboxylic acids is 2. The van der Waals surface area contributed by atoms with Crippen LogP contribution in [0.1, 0.15) is 23.2 Å². The number of nitrogens with one attached hydrogen (secondary N) is 1. The van der Waals surface area contributed by atoms with E-state index < -0.39 is 0 Å². The highest BCUT2D eigenvalue weighted by Gasteiger charge is 2.28. The summed E-state index contributed by atoms with van der Waals surface area (Å²) in [4.78, 5) is 27.1. The van der Waals surface area contributed by atoms with Crippen LogP contribution in [0, 0.1) is 5.92 Å². The van der Waals surface area contributed by atoms with Crippen molar-refractivity contribution >= 4 is 29.1 Å². The van der Waals surface area contributed by atoms with Gasteiger partial charge in [-0.25, -0.2) is 0 Å². The van der Waals surface area contributed by atoms with E-state index in [1.165, 1.54) is 0 Å². The average Bonchev–Trinajstić information content (AvgIpc) is 3.28. The zero-order valence-electron chi connectivity index (χ0n) is 15.8. The maximum absolute atomic E-state index is 12.7. The highest BCUT2D eigenvalue weighted by Crippen LogP contribution is 2.25. The number of furan rings is 1. The molecular weight excluding hydrogens is 388 g/mol. The van der Waals surface area contributed by atoms with Gasteiger partial charge in [0.2, 0.25) is 5.91 Å². The van der Waals surface area contributed by atoms with Crippen molar-refractivity contribution in [3.63, 3.8) is 0 Å². The molecule has 2 amide bonds. The minimum absolute atomic E-state index is 0.0172. The first-order valence-electron chi connectivity index (χ1n) is 9.60. The first-order chi connectivity index (χ1) is 14.1. The molecule has 0 radical (unpaired) electrons. The molecule has 1 N–H and O–H groups in total. The Hall–Kier alpha value is -3.05. The lowest BCUT2D eigenvalue weighted by Gasteiger charge is -2.31. The first kappa shape index (κ1) is 19.3. The van der Waals surface area contributed by atoms with E-state index in [1.54, 1.807) is 35.4 Å². The van der Waals surface area contributed by atoms with Gasteiger partial charge < -0.3 is 14.6 Å². The van der Waals surface area contributed by atoms with E-state index in [9.17, 15) is 9.59 Å². The Morgan fingerprint density at radius 1 is 1.00 bits per heavy atom. The van der Waals surface area contributed by atoms with Crippen molar-refractivity contribution in [2.75, 3.05) is 18.4 Å². The number of benzene rings is 2. The Balaban J connectivity index is 1.35. The van der Waals surface area contributed by atoms with Crippen molar-refractivity contribution in [2.45, 2.75) is 12.8 Å². The second kappa shape index (κ2) is 8.53. The Morgan fingerprint density at radius 3 is 2.52 bits per heavy atom. The zero-order chi connectivity index (χ0) is 20.2. The molecule has 1 aliphatic heterocycles. The molecule has 0 spiro atoms. The number of hydrogen-bond acceptors (Lipinski definition) is 3. The molecule has 4 rings (SSSR count). The van der Waals surface area contributed by atoms with Gasteiger partial charge in [-0.05, 0) is 55.3 Å². The van der Waals surface area contributed by atoms with Crippen LogP contribution in [0.2, 0.25) is 5.02 Å². The van der Waals surface area contributed by atoms with Crippen LogP contribution in [-0.4, -0.2) is 29.8 Å². The summed E-state index contributed by atoms with van der Waals surface area (Å²) < 4.78 is 5.42. The summed E-state index contributed by atoms with van der Waals surface area (Å²) in [5.41, 5.74) is 2.23. The summed E-state index contributed by atoms with van der Waals surface area (Å²) in [6.07, 6.45) is 2.89. The van der Waals surface area contributed by atoms with Gasteiger partial charge in [0.25, 0.3) is 5.91 Å². The highest BCUT2D eigenvalue weighted by molar-refractivity contribution is 6.30. The maximum Gasteiger partial charge on any atom is 0.253 e. The summed E-state index contributed by atoms with van der Waals surface area (Å²) >= 11 is 5.98. The summed E-state index contributed by atoms with van der Waals surface area (Å²) in [5.74, 6) is 0.577. The van der Waals surface area contributed by atoms with Crippen molar-refractivity contribution < 1.29 is 14.0 Å². The molecule has 0 saturated carbocycles. The lowest BCUT2D eigenvalue weighted by atomic mass is 9.95. The topological polar surface area (TPSA) is 62.6 Å². The molecule has 0 atom stereocenters. The molecule has 2 heterocycles.